The van der Waals surface area contributed by atoms with Crippen molar-refractivity contribution in [1.29, 1.82) is 0 Å². The quantitative estimate of drug-likeness (QED) is 0.459. The summed E-state index contributed by atoms with van der Waals surface area (Å²) in [5.41, 5.74) is 1.11. The third-order valence-electron chi connectivity index (χ3n) is 3.06. The summed E-state index contributed by atoms with van der Waals surface area (Å²) >= 11 is 0. The number of nitrogens with zero attached hydrogens (tertiary/aromatic N) is 3. The summed E-state index contributed by atoms with van der Waals surface area (Å²) in [4.78, 5) is 21.4. The highest BCUT2D eigenvalue weighted by molar-refractivity contribution is 5.70. The second kappa shape index (κ2) is 5.68. The van der Waals surface area contributed by atoms with Crippen molar-refractivity contribution in [2.24, 2.45) is 0 Å². The molecule has 2 rings (SSSR count). The second-order valence-electron chi connectivity index (χ2n) is 4.29. The topological polar surface area (TPSA) is 91.2 Å². The van der Waals surface area contributed by atoms with Crippen LogP contribution < -0.4 is 0 Å². The average molecular weight is 277 g/mol. The first kappa shape index (κ1) is 14.0. The van der Waals surface area contributed by atoms with Crippen LogP contribution in [0.25, 0.3) is 0 Å². The van der Waals surface area contributed by atoms with Gasteiger partial charge in [-0.15, -0.1) is 0 Å². The van der Waals surface area contributed by atoms with E-state index in [1.54, 1.807) is 16.8 Å². The molecule has 0 radical (unpaired) electrons. The van der Waals surface area contributed by atoms with E-state index in [1.807, 2.05) is 13.8 Å². The highest BCUT2D eigenvalue weighted by atomic mass is 16.6. The number of aryl methyl sites for hydroxylation is 1. The van der Waals surface area contributed by atoms with Crippen molar-refractivity contribution >= 4 is 12.0 Å². The van der Waals surface area contributed by atoms with Crippen LogP contribution in [0.15, 0.2) is 16.5 Å². The van der Waals surface area contributed by atoms with Crippen LogP contribution in [-0.2, 0) is 19.4 Å². The highest BCUT2D eigenvalue weighted by Gasteiger charge is 2.25. The van der Waals surface area contributed by atoms with E-state index in [0.29, 0.717) is 36.3 Å². The van der Waals surface area contributed by atoms with Gasteiger partial charge in [-0.05, 0) is 25.0 Å². The Morgan fingerprint density at radius 2 is 2.15 bits per heavy atom. The van der Waals surface area contributed by atoms with Crippen LogP contribution >= 0.6 is 0 Å². The number of carbonyl (C=O) groups is 1. The fourth-order valence-electron chi connectivity index (χ4n) is 2.16. The van der Waals surface area contributed by atoms with E-state index in [9.17, 15) is 14.9 Å². The molecule has 2 aromatic heterocycles. The van der Waals surface area contributed by atoms with E-state index in [4.69, 9.17) is 4.42 Å². The number of nitro groups is 1. The van der Waals surface area contributed by atoms with Gasteiger partial charge in [0.1, 0.15) is 17.1 Å². The zero-order chi connectivity index (χ0) is 14.7. The monoisotopic (exact) mass is 277 g/mol. The SMILES string of the molecule is CCc1nn(Cc2ccc(C=O)o2)c(CC)c1[N+](=O)[O-]. The van der Waals surface area contributed by atoms with E-state index < -0.39 is 0 Å². The maximum Gasteiger partial charge on any atom is 0.313 e. The van der Waals surface area contributed by atoms with Gasteiger partial charge in [0.25, 0.3) is 0 Å². The molecule has 0 aliphatic rings. The Bertz CT molecular complexity index is 642. The molecule has 0 aliphatic heterocycles. The molecular weight excluding hydrogens is 262 g/mol. The van der Waals surface area contributed by atoms with Crippen LogP contribution in [0.2, 0.25) is 0 Å². The summed E-state index contributed by atoms with van der Waals surface area (Å²) in [6.07, 6.45) is 1.62. The standard InChI is InChI=1S/C13H15N3O4/c1-3-11-13(16(18)19)12(4-2)15(14-11)7-9-5-6-10(8-17)20-9/h5-6,8H,3-4,7H2,1-2H3. The lowest BCUT2D eigenvalue weighted by atomic mass is 10.2. The first-order valence-corrected chi connectivity index (χ1v) is 6.37. The maximum atomic E-state index is 11.2. The van der Waals surface area contributed by atoms with E-state index in [-0.39, 0.29) is 22.9 Å². The fraction of sp³-hybridized carbons (Fsp3) is 0.385. The van der Waals surface area contributed by atoms with Gasteiger partial charge in [-0.1, -0.05) is 13.8 Å². The van der Waals surface area contributed by atoms with Gasteiger partial charge in [0.05, 0.1) is 11.5 Å². The molecule has 7 heteroatoms. The lowest BCUT2D eigenvalue weighted by Crippen LogP contribution is -2.06. The zero-order valence-corrected chi connectivity index (χ0v) is 11.3. The number of carbonyl (C=O) groups excluding carboxylic acids is 1. The summed E-state index contributed by atoms with van der Waals surface area (Å²) in [6, 6.07) is 3.23. The third kappa shape index (κ3) is 2.47. The molecule has 0 bridgehead atoms. The van der Waals surface area contributed by atoms with Gasteiger partial charge in [-0.2, -0.15) is 5.10 Å². The van der Waals surface area contributed by atoms with Crippen LogP contribution in [0, 0.1) is 10.1 Å². The van der Waals surface area contributed by atoms with Crippen molar-refractivity contribution in [3.63, 3.8) is 0 Å². The molecule has 0 aromatic carbocycles. The molecule has 0 saturated carbocycles. The molecular formula is C13H15N3O4. The van der Waals surface area contributed by atoms with E-state index in [2.05, 4.69) is 5.10 Å². The smallest absolute Gasteiger partial charge is 0.313 e. The Balaban J connectivity index is 2.40. The molecule has 20 heavy (non-hydrogen) atoms. The molecule has 0 unspecified atom stereocenters. The van der Waals surface area contributed by atoms with Crippen LogP contribution in [0.1, 0.15) is 41.6 Å². The largest absolute Gasteiger partial charge is 0.456 e. The van der Waals surface area contributed by atoms with Gasteiger partial charge in [-0.3, -0.25) is 19.6 Å². The minimum atomic E-state index is -0.389. The third-order valence-corrected chi connectivity index (χ3v) is 3.06. The molecule has 106 valence electrons. The molecule has 0 fully saturated rings. The van der Waals surface area contributed by atoms with Crippen LogP contribution in [0.5, 0.6) is 0 Å². The van der Waals surface area contributed by atoms with Crippen molar-refractivity contribution in [2.75, 3.05) is 0 Å². The summed E-state index contributed by atoms with van der Waals surface area (Å²) in [6.45, 7) is 3.95. The normalized spacial score (nSPS) is 10.7. The number of furan rings is 1. The van der Waals surface area contributed by atoms with Gasteiger partial charge in [0, 0.05) is 0 Å². The lowest BCUT2D eigenvalue weighted by molar-refractivity contribution is -0.386. The van der Waals surface area contributed by atoms with Gasteiger partial charge in [0.15, 0.2) is 12.0 Å². The Hall–Kier alpha value is -2.44. The van der Waals surface area contributed by atoms with Crippen molar-refractivity contribution in [3.8, 4) is 0 Å². The minimum absolute atomic E-state index is 0.0807. The molecule has 0 spiro atoms. The summed E-state index contributed by atoms with van der Waals surface area (Å²) in [5.74, 6) is 0.775. The molecule has 7 nitrogen and oxygen atoms in total. The van der Waals surface area contributed by atoms with Gasteiger partial charge in [-0.25, -0.2) is 0 Å². The second-order valence-corrected chi connectivity index (χ2v) is 4.29. The fourth-order valence-corrected chi connectivity index (χ4v) is 2.16. The Morgan fingerprint density at radius 3 is 2.65 bits per heavy atom. The summed E-state index contributed by atoms with van der Waals surface area (Å²) in [5, 5.41) is 15.4. The maximum absolute atomic E-state index is 11.2. The van der Waals surface area contributed by atoms with Crippen LogP contribution in [0.4, 0.5) is 5.69 Å². The minimum Gasteiger partial charge on any atom is -0.456 e. The number of aromatic nitrogens is 2. The molecule has 0 amide bonds. The van der Waals surface area contributed by atoms with E-state index >= 15 is 0 Å². The predicted molar refractivity (Wildman–Crippen MR) is 70.8 cm³/mol. The molecule has 2 aromatic rings. The van der Waals surface area contributed by atoms with Crippen molar-refractivity contribution in [1.82, 2.24) is 9.78 Å². The van der Waals surface area contributed by atoms with Gasteiger partial charge < -0.3 is 4.42 Å². The van der Waals surface area contributed by atoms with Crippen molar-refractivity contribution in [3.05, 3.63) is 45.2 Å². The highest BCUT2D eigenvalue weighted by Crippen LogP contribution is 2.25. The zero-order valence-electron chi connectivity index (χ0n) is 11.3. The van der Waals surface area contributed by atoms with E-state index in [0.717, 1.165) is 0 Å². The number of rotatable bonds is 6. The van der Waals surface area contributed by atoms with Crippen molar-refractivity contribution in [2.45, 2.75) is 33.2 Å². The van der Waals surface area contributed by atoms with Crippen LogP contribution in [0.3, 0.4) is 0 Å². The molecule has 0 atom stereocenters. The summed E-state index contributed by atoms with van der Waals surface area (Å²) in [7, 11) is 0. The van der Waals surface area contributed by atoms with Gasteiger partial charge >= 0.3 is 5.69 Å². The number of hydrogen-bond acceptors (Lipinski definition) is 5. The number of hydrogen-bond donors (Lipinski definition) is 0. The van der Waals surface area contributed by atoms with E-state index in [1.165, 1.54) is 0 Å². The lowest BCUT2D eigenvalue weighted by Gasteiger charge is -2.02. The Labute approximate surface area is 115 Å². The first-order valence-electron chi connectivity index (χ1n) is 6.37. The van der Waals surface area contributed by atoms with Crippen molar-refractivity contribution < 1.29 is 14.1 Å². The predicted octanol–water partition coefficient (Wildman–Crippen LogP) is 2.37. The number of aldehydes is 1. The molecule has 0 aliphatic carbocycles. The Morgan fingerprint density at radius 1 is 1.40 bits per heavy atom. The average Bonchev–Trinajstić information content (AvgIpc) is 3.02. The first-order chi connectivity index (χ1) is 9.60. The Kier molecular flexibility index (Phi) is 3.97. The molecule has 2 heterocycles. The van der Waals surface area contributed by atoms with Crippen LogP contribution in [-0.4, -0.2) is 21.0 Å². The van der Waals surface area contributed by atoms with Gasteiger partial charge in [0.2, 0.25) is 0 Å². The molecule has 0 saturated heterocycles. The molecule has 0 N–H and O–H groups in total. The summed E-state index contributed by atoms with van der Waals surface area (Å²) < 4.78 is 6.85.